The molecule has 124 valence electrons. The summed E-state index contributed by atoms with van der Waals surface area (Å²) in [5, 5.41) is 20.1. The Hall–Kier alpha value is -0.120. The van der Waals surface area contributed by atoms with Crippen molar-refractivity contribution in [2.24, 2.45) is 23.2 Å². The van der Waals surface area contributed by atoms with Gasteiger partial charge in [-0.15, -0.1) is 0 Å². The zero-order chi connectivity index (χ0) is 15.6. The number of aliphatic hydroxyl groups excluding tert-OH is 2. The maximum absolute atomic E-state index is 10.3. The van der Waals surface area contributed by atoms with Gasteiger partial charge in [-0.1, -0.05) is 34.1 Å². The second kappa shape index (κ2) is 6.97. The first kappa shape index (κ1) is 17.2. The lowest BCUT2D eigenvalue weighted by molar-refractivity contribution is -0.0813. The number of hydrogen-bond acceptors (Lipinski definition) is 3. The quantitative estimate of drug-likeness (QED) is 0.642. The molecule has 1 heterocycles. The van der Waals surface area contributed by atoms with Crippen molar-refractivity contribution in [2.45, 2.75) is 84.5 Å². The zero-order valence-electron chi connectivity index (χ0n) is 14.2. The van der Waals surface area contributed by atoms with E-state index < -0.39 is 0 Å². The maximum Gasteiger partial charge on any atom is 0.0812 e. The number of epoxide rings is 1. The minimum Gasteiger partial charge on any atom is -0.393 e. The van der Waals surface area contributed by atoms with Crippen LogP contribution in [0.5, 0.6) is 0 Å². The molecule has 0 radical (unpaired) electrons. The van der Waals surface area contributed by atoms with Crippen LogP contribution in [0.25, 0.3) is 0 Å². The Bertz CT molecular complexity index is 320. The van der Waals surface area contributed by atoms with Crippen molar-refractivity contribution in [3.05, 3.63) is 0 Å². The summed E-state index contributed by atoms with van der Waals surface area (Å²) >= 11 is 0. The molecule has 21 heavy (non-hydrogen) atoms. The second-order valence-electron chi connectivity index (χ2n) is 8.13. The average Bonchev–Trinajstić information content (AvgIpc) is 3.17. The van der Waals surface area contributed by atoms with Gasteiger partial charge < -0.3 is 14.9 Å². The van der Waals surface area contributed by atoms with Crippen molar-refractivity contribution in [2.75, 3.05) is 6.61 Å². The van der Waals surface area contributed by atoms with Gasteiger partial charge in [-0.25, -0.2) is 0 Å². The molecule has 3 heteroatoms. The summed E-state index contributed by atoms with van der Waals surface area (Å²) in [5.41, 5.74) is 0.237. The van der Waals surface area contributed by atoms with Gasteiger partial charge in [0.2, 0.25) is 0 Å². The number of aliphatic hydroxyl groups is 2. The van der Waals surface area contributed by atoms with E-state index in [1.165, 1.54) is 0 Å². The van der Waals surface area contributed by atoms with Gasteiger partial charge in [0.25, 0.3) is 0 Å². The largest absolute Gasteiger partial charge is 0.393 e. The van der Waals surface area contributed by atoms with Crippen molar-refractivity contribution < 1.29 is 14.9 Å². The molecule has 0 aromatic heterocycles. The first-order valence-corrected chi connectivity index (χ1v) is 8.81. The lowest BCUT2D eigenvalue weighted by atomic mass is 9.56. The van der Waals surface area contributed by atoms with Gasteiger partial charge in [0.1, 0.15) is 0 Å². The van der Waals surface area contributed by atoms with Gasteiger partial charge in [0, 0.05) is 0 Å². The van der Waals surface area contributed by atoms with E-state index in [4.69, 9.17) is 4.74 Å². The van der Waals surface area contributed by atoms with Crippen LogP contribution in [-0.2, 0) is 4.74 Å². The molecule has 0 aromatic carbocycles. The standard InChI is InChI=1S/C18H34O3/c1-5-12(2)6-14(19)7-13(3)17(8-16-11-21-16)18(4)9-15(20)10-18/h12-17,19-20H,5-11H2,1-4H3/t12-,13-,14?,15?,16?,17?,18?/m1/s1. The molecule has 0 bridgehead atoms. The zero-order valence-corrected chi connectivity index (χ0v) is 14.2. The fourth-order valence-electron chi connectivity index (χ4n) is 4.33. The minimum atomic E-state index is -0.189. The highest BCUT2D eigenvalue weighted by Gasteiger charge is 2.48. The molecule has 0 aromatic rings. The Labute approximate surface area is 130 Å². The molecule has 1 aliphatic heterocycles. The van der Waals surface area contributed by atoms with Crippen molar-refractivity contribution >= 4 is 0 Å². The summed E-state index contributed by atoms with van der Waals surface area (Å²) in [6.45, 7) is 9.89. The molecule has 1 aliphatic carbocycles. The molecular weight excluding hydrogens is 264 g/mol. The lowest BCUT2D eigenvalue weighted by Crippen LogP contribution is -2.47. The summed E-state index contributed by atoms with van der Waals surface area (Å²) in [5.74, 6) is 1.64. The molecule has 5 atom stereocenters. The SMILES string of the molecule is CC[C@@H](C)CC(O)C[C@@H](C)C(CC1CO1)C1(C)CC(O)C1. The van der Waals surface area contributed by atoms with Crippen molar-refractivity contribution in [1.29, 1.82) is 0 Å². The van der Waals surface area contributed by atoms with E-state index in [-0.39, 0.29) is 17.6 Å². The van der Waals surface area contributed by atoms with Crippen LogP contribution < -0.4 is 0 Å². The molecule has 0 amide bonds. The monoisotopic (exact) mass is 298 g/mol. The fraction of sp³-hybridized carbons (Fsp3) is 1.00. The smallest absolute Gasteiger partial charge is 0.0812 e. The summed E-state index contributed by atoms with van der Waals surface area (Å²) in [6.07, 6.45) is 5.97. The molecular formula is C18H34O3. The van der Waals surface area contributed by atoms with Gasteiger partial charge in [0.05, 0.1) is 24.9 Å². The van der Waals surface area contributed by atoms with Gasteiger partial charge in [-0.2, -0.15) is 0 Å². The Kier molecular flexibility index (Phi) is 5.72. The van der Waals surface area contributed by atoms with Crippen molar-refractivity contribution in [1.82, 2.24) is 0 Å². The summed E-state index contributed by atoms with van der Waals surface area (Å²) < 4.78 is 5.44. The van der Waals surface area contributed by atoms with E-state index in [9.17, 15) is 10.2 Å². The first-order chi connectivity index (χ1) is 9.84. The third kappa shape index (κ3) is 4.67. The van der Waals surface area contributed by atoms with E-state index in [0.29, 0.717) is 23.9 Å². The second-order valence-corrected chi connectivity index (χ2v) is 8.13. The molecule has 0 spiro atoms. The van der Waals surface area contributed by atoms with Crippen LogP contribution in [0.3, 0.4) is 0 Å². The first-order valence-electron chi connectivity index (χ1n) is 8.81. The van der Waals surface area contributed by atoms with Gasteiger partial charge in [-0.3, -0.25) is 0 Å². The van der Waals surface area contributed by atoms with E-state index in [0.717, 1.165) is 45.1 Å². The van der Waals surface area contributed by atoms with E-state index in [2.05, 4.69) is 27.7 Å². The maximum atomic E-state index is 10.3. The normalized spacial score (nSPS) is 37.4. The van der Waals surface area contributed by atoms with Crippen LogP contribution >= 0.6 is 0 Å². The van der Waals surface area contributed by atoms with Crippen LogP contribution in [0.2, 0.25) is 0 Å². The van der Waals surface area contributed by atoms with Crippen molar-refractivity contribution in [3.63, 3.8) is 0 Å². The Morgan fingerprint density at radius 3 is 2.33 bits per heavy atom. The predicted octanol–water partition coefficient (Wildman–Crippen LogP) is 3.38. The summed E-state index contributed by atoms with van der Waals surface area (Å²) in [6, 6.07) is 0. The summed E-state index contributed by atoms with van der Waals surface area (Å²) in [4.78, 5) is 0. The van der Waals surface area contributed by atoms with Crippen LogP contribution in [0.15, 0.2) is 0 Å². The predicted molar refractivity (Wildman–Crippen MR) is 85.1 cm³/mol. The number of rotatable bonds is 9. The van der Waals surface area contributed by atoms with Crippen molar-refractivity contribution in [3.8, 4) is 0 Å². The summed E-state index contributed by atoms with van der Waals surface area (Å²) in [7, 11) is 0. The third-order valence-electron chi connectivity index (χ3n) is 5.92. The number of ether oxygens (including phenoxy) is 1. The Balaban J connectivity index is 1.89. The topological polar surface area (TPSA) is 53.0 Å². The van der Waals surface area contributed by atoms with Crippen LogP contribution in [0.1, 0.15) is 66.2 Å². The Morgan fingerprint density at radius 1 is 1.24 bits per heavy atom. The van der Waals surface area contributed by atoms with Gasteiger partial charge in [-0.05, 0) is 55.3 Å². The molecule has 3 nitrogen and oxygen atoms in total. The molecule has 3 unspecified atom stereocenters. The highest BCUT2D eigenvalue weighted by molar-refractivity contribution is 4.98. The molecule has 2 rings (SSSR count). The van der Waals surface area contributed by atoms with Gasteiger partial charge in [0.15, 0.2) is 0 Å². The highest BCUT2D eigenvalue weighted by Crippen LogP contribution is 2.52. The van der Waals surface area contributed by atoms with E-state index in [1.807, 2.05) is 0 Å². The third-order valence-corrected chi connectivity index (χ3v) is 5.92. The van der Waals surface area contributed by atoms with Gasteiger partial charge >= 0.3 is 0 Å². The Morgan fingerprint density at radius 2 is 1.86 bits per heavy atom. The molecule has 2 fully saturated rings. The van der Waals surface area contributed by atoms with E-state index in [1.54, 1.807) is 0 Å². The fourth-order valence-corrected chi connectivity index (χ4v) is 4.33. The molecule has 2 N–H and O–H groups in total. The molecule has 1 saturated carbocycles. The lowest BCUT2D eigenvalue weighted by Gasteiger charge is -2.50. The minimum absolute atomic E-state index is 0.116. The molecule has 1 saturated heterocycles. The molecule has 2 aliphatic rings. The van der Waals surface area contributed by atoms with Crippen LogP contribution in [-0.4, -0.2) is 35.1 Å². The number of hydrogen-bond donors (Lipinski definition) is 2. The van der Waals surface area contributed by atoms with Crippen LogP contribution in [0.4, 0.5) is 0 Å². The highest BCUT2D eigenvalue weighted by atomic mass is 16.6. The van der Waals surface area contributed by atoms with Crippen LogP contribution in [0, 0.1) is 23.2 Å². The average molecular weight is 298 g/mol. The van der Waals surface area contributed by atoms with E-state index >= 15 is 0 Å².